The maximum Gasteiger partial charge on any atom is 0.308 e. The highest BCUT2D eigenvalue weighted by Gasteiger charge is 2.20. The third-order valence-electron chi connectivity index (χ3n) is 3.67. The zero-order valence-corrected chi connectivity index (χ0v) is 13.7. The normalized spacial score (nSPS) is 10.2. The van der Waals surface area contributed by atoms with Gasteiger partial charge in [0.1, 0.15) is 5.75 Å². The smallest absolute Gasteiger partial charge is 0.308 e. The second-order valence-electron chi connectivity index (χ2n) is 5.47. The predicted molar refractivity (Wildman–Crippen MR) is 93.6 cm³/mol. The number of carbonyl (C=O) groups excluding carboxylic acids is 2. The van der Waals surface area contributed by atoms with Gasteiger partial charge in [-0.05, 0) is 37.3 Å². The van der Waals surface area contributed by atoms with E-state index in [0.717, 1.165) is 5.56 Å². The largest absolute Gasteiger partial charge is 0.508 e. The van der Waals surface area contributed by atoms with Crippen molar-refractivity contribution in [1.29, 1.82) is 0 Å². The van der Waals surface area contributed by atoms with Crippen LogP contribution in [-0.2, 0) is 4.79 Å². The number of ether oxygens (including phenoxy) is 1. The fraction of sp³-hybridized carbons (Fsp3) is 0.100. The zero-order chi connectivity index (χ0) is 18.0. The summed E-state index contributed by atoms with van der Waals surface area (Å²) in [4.78, 5) is 24.0. The second kappa shape index (κ2) is 6.54. The number of phenols is 1. The highest BCUT2D eigenvalue weighted by molar-refractivity contribution is 6.05. The van der Waals surface area contributed by atoms with Gasteiger partial charge >= 0.3 is 11.9 Å². The maximum atomic E-state index is 12.6. The van der Waals surface area contributed by atoms with Gasteiger partial charge in [0.15, 0.2) is 5.75 Å². The van der Waals surface area contributed by atoms with Gasteiger partial charge < -0.3 is 9.84 Å². The van der Waals surface area contributed by atoms with Crippen LogP contribution in [0.15, 0.2) is 48.5 Å². The molecule has 0 aliphatic rings. The molecule has 1 heterocycles. The molecule has 124 valence electrons. The number of hydrogen-bond donors (Lipinski definition) is 1. The maximum absolute atomic E-state index is 12.6. The van der Waals surface area contributed by atoms with Gasteiger partial charge in [0.25, 0.3) is 0 Å². The van der Waals surface area contributed by atoms with E-state index in [9.17, 15) is 14.7 Å². The Bertz CT molecular complexity index is 1040. The molecule has 0 atom stereocenters. The van der Waals surface area contributed by atoms with Gasteiger partial charge in [0.05, 0.1) is 11.2 Å². The molecule has 3 aromatic rings. The number of carbonyl (C=O) groups is 2. The van der Waals surface area contributed by atoms with E-state index in [2.05, 4.69) is 11.8 Å². The summed E-state index contributed by atoms with van der Waals surface area (Å²) in [5.41, 5.74) is 1.69. The van der Waals surface area contributed by atoms with Crippen LogP contribution in [0.4, 0.5) is 0 Å². The van der Waals surface area contributed by atoms with Gasteiger partial charge in [0.2, 0.25) is 0 Å². The highest BCUT2D eigenvalue weighted by atomic mass is 16.5. The van der Waals surface area contributed by atoms with Crippen molar-refractivity contribution in [3.05, 3.63) is 59.8 Å². The molecule has 2 aromatic carbocycles. The Morgan fingerprint density at radius 1 is 1.12 bits per heavy atom. The molecular formula is C20H15NO4. The number of esters is 1. The molecule has 5 nitrogen and oxygen atoms in total. The van der Waals surface area contributed by atoms with E-state index in [1.54, 1.807) is 13.0 Å². The molecule has 0 aliphatic heterocycles. The van der Waals surface area contributed by atoms with Crippen LogP contribution in [0.5, 0.6) is 11.5 Å². The van der Waals surface area contributed by atoms with Crippen molar-refractivity contribution in [3.63, 3.8) is 0 Å². The summed E-state index contributed by atoms with van der Waals surface area (Å²) in [5, 5.41) is 10.2. The summed E-state index contributed by atoms with van der Waals surface area (Å²) in [7, 11) is 0. The highest BCUT2D eigenvalue weighted by Crippen LogP contribution is 2.35. The molecule has 0 fully saturated rings. The van der Waals surface area contributed by atoms with Gasteiger partial charge in [-0.3, -0.25) is 14.2 Å². The van der Waals surface area contributed by atoms with E-state index in [-0.39, 0.29) is 11.5 Å². The lowest BCUT2D eigenvalue weighted by atomic mass is 10.2. The molecule has 0 aliphatic carbocycles. The SMILES string of the molecule is CC(=O)Oc1c(C)n(C(=O)C#Cc2ccccc2)c2ccc(O)cc12. The Kier molecular flexibility index (Phi) is 4.27. The number of phenolic OH excluding ortho intramolecular Hbond substituents is 1. The summed E-state index contributed by atoms with van der Waals surface area (Å²) in [6.07, 6.45) is 0. The van der Waals surface area contributed by atoms with Gasteiger partial charge in [-0.25, -0.2) is 0 Å². The fourth-order valence-corrected chi connectivity index (χ4v) is 2.62. The minimum absolute atomic E-state index is 0.0147. The third kappa shape index (κ3) is 3.24. The Morgan fingerprint density at radius 3 is 2.52 bits per heavy atom. The van der Waals surface area contributed by atoms with E-state index < -0.39 is 11.9 Å². The molecule has 1 N–H and O–H groups in total. The fourth-order valence-electron chi connectivity index (χ4n) is 2.62. The second-order valence-corrected chi connectivity index (χ2v) is 5.47. The molecule has 5 heteroatoms. The average molecular weight is 333 g/mol. The zero-order valence-electron chi connectivity index (χ0n) is 13.7. The van der Waals surface area contributed by atoms with Crippen LogP contribution in [0.25, 0.3) is 10.9 Å². The standard InChI is InChI=1S/C20H15NO4/c1-13-20(25-14(2)22)17-12-16(23)9-10-18(17)21(13)19(24)11-8-15-6-4-3-5-7-15/h3-7,9-10,12,23H,1-2H3. The molecule has 0 spiro atoms. The first-order valence-corrected chi connectivity index (χ1v) is 7.61. The third-order valence-corrected chi connectivity index (χ3v) is 3.67. The van der Waals surface area contributed by atoms with Crippen LogP contribution >= 0.6 is 0 Å². The molecule has 3 rings (SSSR count). The first kappa shape index (κ1) is 16.3. The minimum Gasteiger partial charge on any atom is -0.508 e. The van der Waals surface area contributed by atoms with E-state index in [0.29, 0.717) is 16.6 Å². The topological polar surface area (TPSA) is 68.5 Å². The van der Waals surface area contributed by atoms with Crippen LogP contribution in [0.1, 0.15) is 23.0 Å². The summed E-state index contributed by atoms with van der Waals surface area (Å²) in [5.74, 6) is 4.72. The number of fused-ring (bicyclic) bond motifs is 1. The monoisotopic (exact) mass is 333 g/mol. The van der Waals surface area contributed by atoms with Gasteiger partial charge in [0, 0.05) is 23.8 Å². The van der Waals surface area contributed by atoms with Gasteiger partial charge in [-0.2, -0.15) is 0 Å². The van der Waals surface area contributed by atoms with Gasteiger partial charge in [-0.15, -0.1) is 0 Å². The Hall–Kier alpha value is -3.52. The van der Waals surface area contributed by atoms with Gasteiger partial charge in [-0.1, -0.05) is 24.1 Å². The van der Waals surface area contributed by atoms with Crippen molar-refractivity contribution in [1.82, 2.24) is 4.57 Å². The lowest BCUT2D eigenvalue weighted by molar-refractivity contribution is -0.131. The van der Waals surface area contributed by atoms with Crippen molar-refractivity contribution in [2.75, 3.05) is 0 Å². The molecule has 0 bridgehead atoms. The van der Waals surface area contributed by atoms with Crippen molar-refractivity contribution < 1.29 is 19.4 Å². The Balaban J connectivity index is 2.13. The summed E-state index contributed by atoms with van der Waals surface area (Å²) < 4.78 is 6.61. The number of aromatic hydroxyl groups is 1. The molecule has 0 saturated heterocycles. The van der Waals surface area contributed by atoms with Crippen molar-refractivity contribution in [2.45, 2.75) is 13.8 Å². The van der Waals surface area contributed by atoms with Crippen molar-refractivity contribution in [3.8, 4) is 23.3 Å². The number of nitrogens with zero attached hydrogens (tertiary/aromatic N) is 1. The van der Waals surface area contributed by atoms with E-state index in [1.165, 1.54) is 23.6 Å². The van der Waals surface area contributed by atoms with Crippen LogP contribution in [0, 0.1) is 18.8 Å². The molecule has 25 heavy (non-hydrogen) atoms. The average Bonchev–Trinajstić information content (AvgIpc) is 2.85. The molecule has 1 aromatic heterocycles. The molecular weight excluding hydrogens is 318 g/mol. The first-order chi connectivity index (χ1) is 12.0. The predicted octanol–water partition coefficient (Wildman–Crippen LogP) is 3.27. The Labute approximate surface area is 144 Å². The number of hydrogen-bond acceptors (Lipinski definition) is 4. The van der Waals surface area contributed by atoms with Crippen LogP contribution < -0.4 is 4.74 Å². The van der Waals surface area contributed by atoms with E-state index in [1.807, 2.05) is 30.3 Å². The Morgan fingerprint density at radius 2 is 1.84 bits per heavy atom. The number of rotatable bonds is 1. The molecule has 0 unspecified atom stereocenters. The number of benzene rings is 2. The lowest BCUT2D eigenvalue weighted by Gasteiger charge is -2.02. The quantitative estimate of drug-likeness (QED) is 0.548. The molecule has 0 saturated carbocycles. The summed E-state index contributed by atoms with van der Waals surface area (Å²) in [6.45, 7) is 2.94. The van der Waals surface area contributed by atoms with Crippen LogP contribution in [-0.4, -0.2) is 21.6 Å². The van der Waals surface area contributed by atoms with Crippen LogP contribution in [0.3, 0.4) is 0 Å². The van der Waals surface area contributed by atoms with Crippen LogP contribution in [0.2, 0.25) is 0 Å². The lowest BCUT2D eigenvalue weighted by Crippen LogP contribution is -2.10. The number of aromatic nitrogens is 1. The first-order valence-electron chi connectivity index (χ1n) is 7.61. The minimum atomic E-state index is -0.506. The van der Waals surface area contributed by atoms with Crippen molar-refractivity contribution >= 4 is 22.8 Å². The van der Waals surface area contributed by atoms with E-state index >= 15 is 0 Å². The summed E-state index contributed by atoms with van der Waals surface area (Å²) in [6, 6.07) is 13.7. The molecule has 0 radical (unpaired) electrons. The van der Waals surface area contributed by atoms with E-state index in [4.69, 9.17) is 4.74 Å². The summed E-state index contributed by atoms with van der Waals surface area (Å²) >= 11 is 0. The van der Waals surface area contributed by atoms with Crippen molar-refractivity contribution in [2.24, 2.45) is 0 Å². The molecule has 0 amide bonds.